The van der Waals surface area contributed by atoms with E-state index in [-0.39, 0.29) is 89.6 Å². The molecule has 53 heavy (non-hydrogen) atoms. The van der Waals surface area contributed by atoms with E-state index in [2.05, 4.69) is 70.4 Å². The summed E-state index contributed by atoms with van der Waals surface area (Å²) in [7, 11) is 1.63. The third-order valence-electron chi connectivity index (χ3n) is 11.7. The molecule has 0 spiro atoms. The minimum atomic E-state index is -0.562. The average molecular weight is 760 g/mol. The van der Waals surface area contributed by atoms with Crippen LogP contribution < -0.4 is 10.6 Å². The molecule has 0 radical (unpaired) electrons. The maximum atomic E-state index is 13.1. The molecule has 0 aromatic heterocycles. The van der Waals surface area contributed by atoms with Crippen LogP contribution in [-0.4, -0.2) is 108 Å². The number of amides is 4. The molecule has 4 aliphatic rings. The minimum Gasteiger partial charge on any atom is -0.391 e. The summed E-state index contributed by atoms with van der Waals surface area (Å²) in [6, 6.07) is 0. The average Bonchev–Trinajstić information content (AvgIpc) is 4.00. The number of ether oxygens (including phenoxy) is 3. The van der Waals surface area contributed by atoms with Gasteiger partial charge in [-0.05, 0) is 82.5 Å². The van der Waals surface area contributed by atoms with Crippen molar-refractivity contribution in [3.8, 4) is 0 Å². The summed E-state index contributed by atoms with van der Waals surface area (Å²) < 4.78 is 18.2. The first kappa shape index (κ1) is 43.2. The molecule has 0 aromatic carbocycles. The first-order chi connectivity index (χ1) is 25.0. The monoisotopic (exact) mass is 759 g/mol. The van der Waals surface area contributed by atoms with Crippen molar-refractivity contribution in [1.82, 2.24) is 15.5 Å². The lowest BCUT2D eigenvalue weighted by molar-refractivity contribution is -0.138. The number of aliphatic hydroxyl groups excluding tert-OH is 1. The topological polar surface area (TPSA) is 147 Å². The van der Waals surface area contributed by atoms with Crippen LogP contribution in [-0.2, 0) is 33.4 Å². The van der Waals surface area contributed by atoms with Crippen LogP contribution in [0.3, 0.4) is 0 Å². The molecule has 4 rings (SSSR count). The number of carbonyl (C=O) groups is 4. The number of aliphatic hydroxyl groups is 1. The van der Waals surface area contributed by atoms with Crippen LogP contribution in [0.4, 0.5) is 0 Å². The van der Waals surface area contributed by atoms with Gasteiger partial charge in [-0.15, -0.1) is 0 Å². The Bertz CT molecular complexity index is 1410. The summed E-state index contributed by atoms with van der Waals surface area (Å²) >= 11 is 1.40. The van der Waals surface area contributed by atoms with Gasteiger partial charge in [-0.2, -0.15) is 11.8 Å². The Balaban J connectivity index is 1.17. The molecule has 3 aliphatic heterocycles. The second-order valence-corrected chi connectivity index (χ2v) is 17.9. The number of nitrogens with zero attached hydrogens (tertiary/aromatic N) is 1. The molecule has 3 N–H and O–H groups in total. The van der Waals surface area contributed by atoms with Gasteiger partial charge in [-0.3, -0.25) is 24.1 Å². The summed E-state index contributed by atoms with van der Waals surface area (Å²) in [5, 5.41) is 15.8. The molecule has 4 amide bonds. The van der Waals surface area contributed by atoms with Gasteiger partial charge in [0.1, 0.15) is 0 Å². The molecule has 298 valence electrons. The molecule has 1 saturated carbocycles. The molecule has 12 heteroatoms. The van der Waals surface area contributed by atoms with Crippen LogP contribution in [0.25, 0.3) is 0 Å². The van der Waals surface area contributed by atoms with E-state index >= 15 is 0 Å². The number of carbonyl (C=O) groups excluding carboxylic acids is 4. The highest BCUT2D eigenvalue weighted by Gasteiger charge is 2.57. The van der Waals surface area contributed by atoms with Gasteiger partial charge in [-0.1, -0.05) is 58.1 Å². The molecular formula is C41H65N3O8S. The van der Waals surface area contributed by atoms with Gasteiger partial charge in [-0.25, -0.2) is 0 Å². The van der Waals surface area contributed by atoms with Gasteiger partial charge in [0.15, 0.2) is 0 Å². The molecule has 1 unspecified atom stereocenters. The number of hydrogen-bond acceptors (Lipinski definition) is 9. The molecule has 9 atom stereocenters. The van der Waals surface area contributed by atoms with E-state index in [0.29, 0.717) is 25.4 Å². The van der Waals surface area contributed by atoms with Crippen molar-refractivity contribution in [3.63, 3.8) is 0 Å². The van der Waals surface area contributed by atoms with Gasteiger partial charge in [0.25, 0.3) is 0 Å². The van der Waals surface area contributed by atoms with Crippen LogP contribution in [0.15, 0.2) is 36.0 Å². The molecule has 1 aliphatic carbocycles. The third kappa shape index (κ3) is 11.3. The number of thioether (sulfide) groups is 1. The number of nitrogens with one attached hydrogen (secondary N) is 2. The Morgan fingerprint density at radius 3 is 2.45 bits per heavy atom. The maximum Gasteiger partial charge on any atom is 0.243 e. The van der Waals surface area contributed by atoms with Crippen molar-refractivity contribution in [2.75, 3.05) is 33.0 Å². The zero-order valence-electron chi connectivity index (χ0n) is 33.4. The molecule has 3 heterocycles. The smallest absolute Gasteiger partial charge is 0.243 e. The molecule has 0 bridgehead atoms. The fourth-order valence-corrected chi connectivity index (χ4v) is 8.88. The van der Waals surface area contributed by atoms with E-state index in [1.54, 1.807) is 20.1 Å². The first-order valence-corrected chi connectivity index (χ1v) is 20.7. The SMILES string of the molecule is CO[C@H]([C@@H](C)[C@H]1O[C@]1(C)C[C@H](C)/C=C/C=C(\C)[C@H]1O[C@@H](CC(=O)NCC2(C(=O)NCC/C=C/CN3C(=O)CC(SC)C3=O)CC2)CCC1(C)C)[C@@H](C)O. The van der Waals surface area contributed by atoms with Gasteiger partial charge in [0.2, 0.25) is 23.6 Å². The highest BCUT2D eigenvalue weighted by atomic mass is 32.2. The van der Waals surface area contributed by atoms with Gasteiger partial charge in [0.05, 0.1) is 53.2 Å². The first-order valence-electron chi connectivity index (χ1n) is 19.4. The number of hydrogen-bond donors (Lipinski definition) is 3. The normalized spacial score (nSPS) is 30.4. The second-order valence-electron chi connectivity index (χ2n) is 16.8. The zero-order chi connectivity index (χ0) is 39.1. The predicted molar refractivity (Wildman–Crippen MR) is 208 cm³/mol. The van der Waals surface area contributed by atoms with Gasteiger partial charge in [0, 0.05) is 39.1 Å². The zero-order valence-corrected chi connectivity index (χ0v) is 34.3. The van der Waals surface area contributed by atoms with Crippen molar-refractivity contribution < 1.29 is 38.5 Å². The molecule has 11 nitrogen and oxygen atoms in total. The van der Waals surface area contributed by atoms with Crippen molar-refractivity contribution in [3.05, 3.63) is 36.0 Å². The quantitative estimate of drug-likeness (QED) is 0.0507. The lowest BCUT2D eigenvalue weighted by Crippen LogP contribution is -2.44. The van der Waals surface area contributed by atoms with Crippen molar-refractivity contribution in [2.45, 2.75) is 141 Å². The lowest BCUT2D eigenvalue weighted by Gasteiger charge is -2.43. The van der Waals surface area contributed by atoms with Crippen LogP contribution in [0.5, 0.6) is 0 Å². The Morgan fingerprint density at radius 1 is 1.11 bits per heavy atom. The van der Waals surface area contributed by atoms with E-state index in [0.717, 1.165) is 37.7 Å². The lowest BCUT2D eigenvalue weighted by atomic mass is 9.75. The van der Waals surface area contributed by atoms with Gasteiger partial charge >= 0.3 is 0 Å². The van der Waals surface area contributed by atoms with Crippen LogP contribution >= 0.6 is 11.8 Å². The Hall–Kier alpha value is -2.51. The second kappa shape index (κ2) is 18.4. The molecule has 0 aromatic rings. The number of likely N-dealkylation sites (tertiary alicyclic amines) is 1. The van der Waals surface area contributed by atoms with Gasteiger partial charge < -0.3 is 30.0 Å². The fourth-order valence-electron chi connectivity index (χ4n) is 8.25. The largest absolute Gasteiger partial charge is 0.391 e. The number of imide groups is 1. The Morgan fingerprint density at radius 2 is 1.83 bits per heavy atom. The Kier molecular flexibility index (Phi) is 15.0. The Labute approximate surface area is 321 Å². The van der Waals surface area contributed by atoms with Crippen LogP contribution in [0, 0.1) is 22.7 Å². The van der Waals surface area contributed by atoms with Crippen LogP contribution in [0.1, 0.15) is 99.8 Å². The fraction of sp³-hybridized carbons (Fsp3) is 0.756. The summed E-state index contributed by atoms with van der Waals surface area (Å²) in [6.45, 7) is 15.7. The third-order valence-corrected chi connectivity index (χ3v) is 12.6. The standard InChI is InChI=1S/C41H65N3O8S/c1-26(24-40(7)36(52-40)28(3)34(50-8)29(4)45)14-13-15-27(2)35-39(5,6)17-16-30(51-35)22-32(46)43-25-41(18-19-41)38(49)42-20-11-10-12-21-44-33(47)23-31(53-9)37(44)48/h10,12-15,26,28-31,34-36,45H,11,16-25H2,1-9H3,(H,42,49)(H,43,46)/b12-10+,14-13+,27-15+/t26-,28-,29-,30-,31?,34-,35-,36-,40-/m1/s1. The number of allylic oxidation sites excluding steroid dienone is 3. The highest BCUT2D eigenvalue weighted by Crippen LogP contribution is 2.48. The number of methoxy groups -OCH3 is 1. The number of epoxide rings is 1. The predicted octanol–water partition coefficient (Wildman–Crippen LogP) is 5.12. The maximum absolute atomic E-state index is 13.1. The number of rotatable bonds is 20. The van der Waals surface area contributed by atoms with Crippen molar-refractivity contribution in [2.24, 2.45) is 22.7 Å². The van der Waals surface area contributed by atoms with E-state index in [1.807, 2.05) is 12.3 Å². The summed E-state index contributed by atoms with van der Waals surface area (Å²) in [4.78, 5) is 51.6. The minimum absolute atomic E-state index is 0.0505. The van der Waals surface area contributed by atoms with E-state index in [9.17, 15) is 24.3 Å². The van der Waals surface area contributed by atoms with E-state index in [1.165, 1.54) is 16.7 Å². The molecular weight excluding hydrogens is 695 g/mol. The summed E-state index contributed by atoms with van der Waals surface area (Å²) in [5.41, 5.74) is 0.248. The molecule has 3 saturated heterocycles. The van der Waals surface area contributed by atoms with E-state index < -0.39 is 11.5 Å². The van der Waals surface area contributed by atoms with Crippen molar-refractivity contribution >= 4 is 35.4 Å². The summed E-state index contributed by atoms with van der Waals surface area (Å²) in [5.74, 6) is -0.0546. The van der Waals surface area contributed by atoms with E-state index in [4.69, 9.17) is 14.2 Å². The van der Waals surface area contributed by atoms with Crippen molar-refractivity contribution in [1.29, 1.82) is 0 Å². The van der Waals surface area contributed by atoms with Crippen LogP contribution in [0.2, 0.25) is 0 Å². The molecule has 4 fully saturated rings. The summed E-state index contributed by atoms with van der Waals surface area (Å²) in [6.07, 6.45) is 16.0. The highest BCUT2D eigenvalue weighted by molar-refractivity contribution is 8.00.